The van der Waals surface area contributed by atoms with Crippen LogP contribution in [0.15, 0.2) is 102 Å². The predicted molar refractivity (Wildman–Crippen MR) is 141 cm³/mol. The lowest BCUT2D eigenvalue weighted by Gasteiger charge is -2.32. The summed E-state index contributed by atoms with van der Waals surface area (Å²) >= 11 is 1.48. The Kier molecular flexibility index (Phi) is 8.26. The largest absolute Gasteiger partial charge is 0.465 e. The first-order valence-electron chi connectivity index (χ1n) is 11.5. The predicted octanol–water partition coefficient (Wildman–Crippen LogP) is 5.17. The Bertz CT molecular complexity index is 1310. The first-order chi connectivity index (χ1) is 17.6. The highest BCUT2D eigenvalue weighted by Crippen LogP contribution is 2.30. The summed E-state index contributed by atoms with van der Waals surface area (Å²) in [7, 11) is 1.30. The van der Waals surface area contributed by atoms with Gasteiger partial charge in [0, 0.05) is 17.1 Å². The van der Waals surface area contributed by atoms with E-state index in [0.29, 0.717) is 23.4 Å². The maximum Gasteiger partial charge on any atom is 0.337 e. The zero-order valence-electron chi connectivity index (χ0n) is 19.8. The molecule has 3 aromatic carbocycles. The Morgan fingerprint density at radius 2 is 1.61 bits per heavy atom. The van der Waals surface area contributed by atoms with Gasteiger partial charge in [-0.25, -0.2) is 4.79 Å². The van der Waals surface area contributed by atoms with E-state index in [9.17, 15) is 14.4 Å². The average Bonchev–Trinajstić information content (AvgIpc) is 3.44. The van der Waals surface area contributed by atoms with Crippen LogP contribution in [0.5, 0.6) is 0 Å². The van der Waals surface area contributed by atoms with Crippen molar-refractivity contribution in [2.45, 2.75) is 19.0 Å². The van der Waals surface area contributed by atoms with Crippen molar-refractivity contribution in [3.63, 3.8) is 0 Å². The van der Waals surface area contributed by atoms with E-state index in [4.69, 9.17) is 4.74 Å². The van der Waals surface area contributed by atoms with Crippen molar-refractivity contribution < 1.29 is 19.1 Å². The molecule has 1 atom stereocenters. The number of nitrogens with one attached hydrogen (secondary N) is 1. The molecule has 4 rings (SSSR count). The second-order valence-corrected chi connectivity index (χ2v) is 9.11. The number of carbonyl (C=O) groups excluding carboxylic acids is 3. The molecule has 2 amide bonds. The van der Waals surface area contributed by atoms with Crippen LogP contribution in [0, 0.1) is 0 Å². The molecule has 7 heteroatoms. The zero-order valence-corrected chi connectivity index (χ0v) is 20.6. The van der Waals surface area contributed by atoms with Crippen molar-refractivity contribution >= 4 is 34.8 Å². The molecule has 0 aliphatic carbocycles. The van der Waals surface area contributed by atoms with E-state index in [1.54, 1.807) is 24.3 Å². The van der Waals surface area contributed by atoms with Crippen molar-refractivity contribution in [3.8, 4) is 0 Å². The van der Waals surface area contributed by atoms with Crippen molar-refractivity contribution in [3.05, 3.63) is 124 Å². The topological polar surface area (TPSA) is 75.7 Å². The molecule has 1 heterocycles. The number of esters is 1. The Morgan fingerprint density at radius 1 is 0.889 bits per heavy atom. The molecule has 6 nitrogen and oxygen atoms in total. The molecule has 0 fully saturated rings. The summed E-state index contributed by atoms with van der Waals surface area (Å²) in [6, 6.07) is 28.2. The minimum absolute atomic E-state index is 0.120. The van der Waals surface area contributed by atoms with Gasteiger partial charge in [-0.1, -0.05) is 72.8 Å². The number of amides is 2. The Hall–Kier alpha value is -4.23. The van der Waals surface area contributed by atoms with Crippen LogP contribution in [0.4, 0.5) is 5.69 Å². The second-order valence-electron chi connectivity index (χ2n) is 8.08. The van der Waals surface area contributed by atoms with Gasteiger partial charge in [-0.05, 0) is 40.8 Å². The first kappa shape index (κ1) is 24.9. The number of nitrogens with zero attached hydrogens (tertiary/aromatic N) is 1. The lowest BCUT2D eigenvalue weighted by molar-refractivity contribution is -0.126. The van der Waals surface area contributed by atoms with Gasteiger partial charge in [0.15, 0.2) is 0 Å². The fourth-order valence-corrected chi connectivity index (χ4v) is 4.62. The van der Waals surface area contributed by atoms with E-state index >= 15 is 0 Å². The molecule has 0 aliphatic heterocycles. The third-order valence-electron chi connectivity index (χ3n) is 5.65. The third-order valence-corrected chi connectivity index (χ3v) is 6.53. The standard InChI is InChI=1S/C29H26N2O4S/c1-35-29(34)23-14-8-15-24(18-23)31(26(32)19-25-16-9-17-36-25)27(22-12-6-3-7-13-22)28(33)30-20-21-10-4-2-5-11-21/h2-18,27H,19-20H2,1H3,(H,30,33)/t27-/m0/s1. The molecule has 182 valence electrons. The van der Waals surface area contributed by atoms with Crippen molar-refractivity contribution in [1.29, 1.82) is 0 Å². The summed E-state index contributed by atoms with van der Waals surface area (Å²) in [6.45, 7) is 0.318. The van der Waals surface area contributed by atoms with Gasteiger partial charge in [0.1, 0.15) is 6.04 Å². The second kappa shape index (κ2) is 12.0. The number of thiophene rings is 1. The number of methoxy groups -OCH3 is 1. The lowest BCUT2D eigenvalue weighted by Crippen LogP contribution is -2.44. The average molecular weight is 499 g/mol. The minimum atomic E-state index is -0.949. The number of anilines is 1. The number of benzene rings is 3. The molecule has 4 aromatic rings. The molecule has 0 spiro atoms. The van der Waals surface area contributed by atoms with E-state index in [0.717, 1.165) is 10.4 Å². The fraction of sp³-hybridized carbons (Fsp3) is 0.138. The Balaban J connectivity index is 1.76. The molecule has 0 bridgehead atoms. The van der Waals surface area contributed by atoms with E-state index in [1.165, 1.54) is 23.3 Å². The number of rotatable bonds is 9. The molecule has 0 unspecified atom stereocenters. The summed E-state index contributed by atoms with van der Waals surface area (Å²) < 4.78 is 4.88. The molecule has 36 heavy (non-hydrogen) atoms. The highest BCUT2D eigenvalue weighted by Gasteiger charge is 2.33. The molecule has 0 saturated heterocycles. The summed E-state index contributed by atoms with van der Waals surface area (Å²) in [6.07, 6.45) is 0.120. The summed E-state index contributed by atoms with van der Waals surface area (Å²) in [5.41, 5.74) is 2.33. The third kappa shape index (κ3) is 6.06. The van der Waals surface area contributed by atoms with Crippen LogP contribution in [0.3, 0.4) is 0 Å². The van der Waals surface area contributed by atoms with Gasteiger partial charge in [-0.3, -0.25) is 14.5 Å². The Morgan fingerprint density at radius 3 is 2.28 bits per heavy atom. The summed E-state index contributed by atoms with van der Waals surface area (Å²) in [5, 5.41) is 4.90. The van der Waals surface area contributed by atoms with Crippen LogP contribution in [-0.4, -0.2) is 24.9 Å². The van der Waals surface area contributed by atoms with Gasteiger partial charge in [0.2, 0.25) is 11.8 Å². The summed E-state index contributed by atoms with van der Waals surface area (Å²) in [5.74, 6) is -1.11. The van der Waals surface area contributed by atoms with Crippen LogP contribution in [0.1, 0.15) is 32.4 Å². The Labute approximate surface area is 214 Å². The van der Waals surface area contributed by atoms with E-state index < -0.39 is 12.0 Å². The normalized spacial score (nSPS) is 11.4. The molecular weight excluding hydrogens is 472 g/mol. The van der Waals surface area contributed by atoms with Gasteiger partial charge < -0.3 is 10.1 Å². The molecule has 0 aliphatic rings. The van der Waals surface area contributed by atoms with Crippen LogP contribution in [0.25, 0.3) is 0 Å². The van der Waals surface area contributed by atoms with E-state index in [2.05, 4.69) is 5.32 Å². The number of ether oxygens (including phenoxy) is 1. The maximum atomic E-state index is 13.8. The van der Waals surface area contributed by atoms with Crippen LogP contribution >= 0.6 is 11.3 Å². The van der Waals surface area contributed by atoms with E-state index in [1.807, 2.05) is 78.2 Å². The zero-order chi connectivity index (χ0) is 25.3. The minimum Gasteiger partial charge on any atom is -0.465 e. The molecule has 0 saturated carbocycles. The molecule has 1 N–H and O–H groups in total. The molecular formula is C29H26N2O4S. The lowest BCUT2D eigenvalue weighted by atomic mass is 10.0. The number of carbonyl (C=O) groups is 3. The van der Waals surface area contributed by atoms with Crippen LogP contribution < -0.4 is 10.2 Å². The van der Waals surface area contributed by atoms with E-state index in [-0.39, 0.29) is 18.2 Å². The smallest absolute Gasteiger partial charge is 0.337 e. The molecule has 0 radical (unpaired) electrons. The highest BCUT2D eigenvalue weighted by molar-refractivity contribution is 7.10. The monoisotopic (exact) mass is 498 g/mol. The molecule has 1 aromatic heterocycles. The van der Waals surface area contributed by atoms with Crippen molar-refractivity contribution in [1.82, 2.24) is 5.32 Å². The van der Waals surface area contributed by atoms with Gasteiger partial charge >= 0.3 is 5.97 Å². The first-order valence-corrected chi connectivity index (χ1v) is 12.3. The van der Waals surface area contributed by atoms with Crippen molar-refractivity contribution in [2.75, 3.05) is 12.0 Å². The number of hydrogen-bond acceptors (Lipinski definition) is 5. The van der Waals surface area contributed by atoms with Crippen LogP contribution in [0.2, 0.25) is 0 Å². The highest BCUT2D eigenvalue weighted by atomic mass is 32.1. The number of hydrogen-bond donors (Lipinski definition) is 1. The maximum absolute atomic E-state index is 13.8. The van der Waals surface area contributed by atoms with Gasteiger partial charge in [-0.15, -0.1) is 11.3 Å². The van der Waals surface area contributed by atoms with Gasteiger partial charge in [0.25, 0.3) is 0 Å². The quantitative estimate of drug-likeness (QED) is 0.323. The van der Waals surface area contributed by atoms with Gasteiger partial charge in [0.05, 0.1) is 19.1 Å². The van der Waals surface area contributed by atoms with Crippen LogP contribution in [-0.2, 0) is 27.3 Å². The van der Waals surface area contributed by atoms with Gasteiger partial charge in [-0.2, -0.15) is 0 Å². The SMILES string of the molecule is COC(=O)c1cccc(N(C(=O)Cc2cccs2)[C@H](C(=O)NCc2ccccc2)c2ccccc2)c1. The summed E-state index contributed by atoms with van der Waals surface area (Å²) in [4.78, 5) is 42.1. The fourth-order valence-electron chi connectivity index (χ4n) is 3.92. The van der Waals surface area contributed by atoms with Crippen molar-refractivity contribution in [2.24, 2.45) is 0 Å².